The third kappa shape index (κ3) is 8.19. The molecule has 0 aromatic heterocycles. The Hall–Kier alpha value is -1.59. The molecule has 0 atom stereocenters. The summed E-state index contributed by atoms with van der Waals surface area (Å²) >= 11 is 0.755. The van der Waals surface area contributed by atoms with E-state index in [0.29, 0.717) is 0 Å². The second-order valence-corrected chi connectivity index (χ2v) is 12.6. The first-order valence-electron chi connectivity index (χ1n) is 10.5. The number of benzene rings is 3. The Balaban J connectivity index is 0.000000362. The average Bonchev–Trinajstić information content (AvgIpc) is 2.71. The van der Waals surface area contributed by atoms with E-state index in [4.69, 9.17) is 0 Å². The van der Waals surface area contributed by atoms with E-state index in [1.807, 2.05) is 0 Å². The molecule has 0 spiro atoms. The second-order valence-electron chi connectivity index (χ2n) is 8.21. The summed E-state index contributed by atoms with van der Waals surface area (Å²) in [6, 6.07) is 32.7. The molecule has 0 aliphatic heterocycles. The molecule has 0 aliphatic rings. The summed E-state index contributed by atoms with van der Waals surface area (Å²) < 4.78 is 0. The molecule has 146 valence electrons. The van der Waals surface area contributed by atoms with Gasteiger partial charge in [0.1, 0.15) is 8.80 Å². The van der Waals surface area contributed by atoms with Gasteiger partial charge in [-0.3, -0.25) is 0 Å². The fourth-order valence-corrected chi connectivity index (χ4v) is 7.78. The van der Waals surface area contributed by atoms with Crippen LogP contribution in [0.5, 0.6) is 0 Å². The van der Waals surface area contributed by atoms with Crippen molar-refractivity contribution in [2.24, 2.45) is 11.8 Å². The Bertz CT molecular complexity index is 659. The zero-order valence-electron chi connectivity index (χ0n) is 18.9. The van der Waals surface area contributed by atoms with Gasteiger partial charge in [0.25, 0.3) is 0 Å². The monoisotopic (exact) mass is 402 g/mol. The Morgan fingerprint density at radius 1 is 0.571 bits per heavy atom. The van der Waals surface area contributed by atoms with Gasteiger partial charge in [-0.1, -0.05) is 107 Å². The van der Waals surface area contributed by atoms with Crippen LogP contribution in [0.4, 0.5) is 0 Å². The predicted octanol–water partition coefficient (Wildman–Crippen LogP) is 4.89. The van der Waals surface area contributed by atoms with Crippen molar-refractivity contribution in [2.45, 2.75) is 38.3 Å². The third-order valence-corrected chi connectivity index (χ3v) is 10.4. The van der Waals surface area contributed by atoms with Crippen LogP contribution in [-0.4, -0.2) is 24.0 Å². The molecule has 0 amide bonds. The molecule has 0 radical (unpaired) electrons. The summed E-state index contributed by atoms with van der Waals surface area (Å²) in [4.78, 5) is 0. The number of hydrogen-bond donors (Lipinski definition) is 0. The average molecular weight is 403 g/mol. The van der Waals surface area contributed by atoms with Gasteiger partial charge < -0.3 is 1.43 Å². The second kappa shape index (κ2) is 12.8. The Kier molecular flexibility index (Phi) is 10.4. The minimum atomic E-state index is -1.31. The van der Waals surface area contributed by atoms with Crippen LogP contribution in [0.2, 0.25) is 10.6 Å². The molecule has 28 heavy (non-hydrogen) atoms. The van der Waals surface area contributed by atoms with E-state index in [9.17, 15) is 0 Å². The predicted molar refractivity (Wildman–Crippen MR) is 132 cm³/mol. The van der Waals surface area contributed by atoms with Gasteiger partial charge in [-0.2, -0.15) is 0 Å². The third-order valence-electron chi connectivity index (χ3n) is 4.67. The molecule has 0 aliphatic carbocycles. The molecular formula is C26H35AlSi. The van der Waals surface area contributed by atoms with Gasteiger partial charge in [0, 0.05) is 0 Å². The van der Waals surface area contributed by atoms with Gasteiger partial charge in [-0.15, -0.1) is 0 Å². The zero-order valence-corrected chi connectivity index (χ0v) is 20.2. The van der Waals surface area contributed by atoms with Crippen molar-refractivity contribution in [3.63, 3.8) is 0 Å². The first-order chi connectivity index (χ1) is 13.6. The normalized spacial score (nSPS) is 10.5. The van der Waals surface area contributed by atoms with Crippen molar-refractivity contribution >= 4 is 39.6 Å². The molecule has 3 rings (SSSR count). The molecule has 0 nitrogen and oxygen atoms in total. The molecule has 3 aromatic carbocycles. The van der Waals surface area contributed by atoms with E-state index in [0.717, 1.165) is 27.1 Å². The molecule has 0 heterocycles. The largest absolute Gasteiger partial charge is 1.00 e. The van der Waals surface area contributed by atoms with Gasteiger partial charge in [0.05, 0.1) is 0 Å². The minimum Gasteiger partial charge on any atom is -1.00 e. The van der Waals surface area contributed by atoms with Crippen LogP contribution in [0.25, 0.3) is 0 Å². The van der Waals surface area contributed by atoms with Crippen molar-refractivity contribution < 1.29 is 1.43 Å². The molecule has 0 bridgehead atoms. The van der Waals surface area contributed by atoms with E-state index < -0.39 is 8.80 Å². The van der Waals surface area contributed by atoms with Crippen molar-refractivity contribution in [3.8, 4) is 0 Å². The summed E-state index contributed by atoms with van der Waals surface area (Å²) in [6.45, 7) is 9.25. The smallest absolute Gasteiger partial charge is 0.132 e. The summed E-state index contributed by atoms with van der Waals surface area (Å²) in [6.07, 6.45) is 0. The van der Waals surface area contributed by atoms with Crippen LogP contribution in [0.1, 0.15) is 29.1 Å². The fourth-order valence-electron chi connectivity index (χ4n) is 3.28. The number of hydrogen-bond acceptors (Lipinski definition) is 0. The van der Waals surface area contributed by atoms with Crippen LogP contribution in [0.3, 0.4) is 0 Å². The molecule has 2 heteroatoms. The topological polar surface area (TPSA) is 0 Å². The SMILES string of the molecule is CC(C)[CH2][Al+][CH2]C(C)C.[H-].c1ccc([SiH](c2ccccc2)c2ccccc2)cc1. The van der Waals surface area contributed by atoms with Gasteiger partial charge in [0.2, 0.25) is 0 Å². The van der Waals surface area contributed by atoms with Crippen molar-refractivity contribution in [2.75, 3.05) is 0 Å². The Morgan fingerprint density at radius 3 is 1.11 bits per heavy atom. The molecule has 0 saturated carbocycles. The Morgan fingerprint density at radius 2 is 0.857 bits per heavy atom. The molecule has 0 fully saturated rings. The maximum Gasteiger partial charge on any atom is 0.132 e. The molecular weight excluding hydrogens is 367 g/mol. The van der Waals surface area contributed by atoms with Crippen molar-refractivity contribution in [1.29, 1.82) is 0 Å². The van der Waals surface area contributed by atoms with E-state index in [1.54, 1.807) is 0 Å². The van der Waals surface area contributed by atoms with E-state index in [2.05, 4.69) is 119 Å². The van der Waals surface area contributed by atoms with Gasteiger partial charge >= 0.3 is 65.3 Å². The quantitative estimate of drug-likeness (QED) is 0.390. The van der Waals surface area contributed by atoms with E-state index in [1.165, 1.54) is 26.1 Å². The summed E-state index contributed by atoms with van der Waals surface area (Å²) in [7, 11) is -1.31. The van der Waals surface area contributed by atoms with Crippen molar-refractivity contribution in [3.05, 3.63) is 91.0 Å². The molecule has 0 saturated heterocycles. The van der Waals surface area contributed by atoms with Crippen molar-refractivity contribution in [1.82, 2.24) is 0 Å². The van der Waals surface area contributed by atoms with E-state index in [-0.39, 0.29) is 1.43 Å². The van der Waals surface area contributed by atoms with Gasteiger partial charge in [0.15, 0.2) is 0 Å². The van der Waals surface area contributed by atoms with Gasteiger partial charge in [-0.05, 0) is 0 Å². The standard InChI is InChI=1S/C18H16Si.2C4H9.Al.H/c1-4-10-16(11-5-1)19(17-12-6-2-7-13-17)18-14-8-3-9-15-18;2*1-4(2)3;;/h1-15,19H;2*4H,1H2,2-3H3;;/q;;;+1;-1. The maximum atomic E-state index is 2.31. The van der Waals surface area contributed by atoms with Crippen LogP contribution in [-0.2, 0) is 0 Å². The fraction of sp³-hybridized carbons (Fsp3) is 0.308. The summed E-state index contributed by atoms with van der Waals surface area (Å²) in [5.74, 6) is 1.86. The molecule has 0 unspecified atom stereocenters. The van der Waals surface area contributed by atoms with Gasteiger partial charge in [-0.25, -0.2) is 0 Å². The Labute approximate surface area is 181 Å². The zero-order chi connectivity index (χ0) is 20.2. The first kappa shape index (κ1) is 22.7. The van der Waals surface area contributed by atoms with Crippen LogP contribution in [0.15, 0.2) is 91.0 Å². The maximum absolute atomic E-state index is 2.31. The first-order valence-corrected chi connectivity index (χ1v) is 13.9. The molecule has 0 N–H and O–H groups in total. The molecule has 3 aromatic rings. The number of rotatable bonds is 7. The summed E-state index contributed by atoms with van der Waals surface area (Å²) in [5.41, 5.74) is 0. The summed E-state index contributed by atoms with van der Waals surface area (Å²) in [5, 5.41) is 7.39. The minimum absolute atomic E-state index is 0. The van der Waals surface area contributed by atoms with Crippen LogP contribution < -0.4 is 15.6 Å². The van der Waals surface area contributed by atoms with Crippen LogP contribution in [0, 0.1) is 11.8 Å². The van der Waals surface area contributed by atoms with Crippen LogP contribution >= 0.6 is 0 Å². The van der Waals surface area contributed by atoms with E-state index >= 15 is 0 Å².